The third kappa shape index (κ3) is 4.45. The van der Waals surface area contributed by atoms with E-state index >= 15 is 0 Å². The third-order valence-corrected chi connectivity index (χ3v) is 4.58. The van der Waals surface area contributed by atoms with Gasteiger partial charge in [0.05, 0.1) is 6.04 Å². The Hall–Kier alpha value is -2.66. The summed E-state index contributed by atoms with van der Waals surface area (Å²) in [6.07, 6.45) is 2.42. The molecule has 2 aromatic rings. The minimum Gasteiger partial charge on any atom is -0.366 e. The maximum absolute atomic E-state index is 12.6. The Labute approximate surface area is 147 Å². The quantitative estimate of drug-likeness (QED) is 0.849. The molecule has 130 valence electrons. The number of likely N-dealkylation sites (tertiary alicyclic amines) is 1. The van der Waals surface area contributed by atoms with E-state index in [0.29, 0.717) is 11.1 Å². The first-order valence-electron chi connectivity index (χ1n) is 8.61. The van der Waals surface area contributed by atoms with Crippen molar-refractivity contribution in [2.75, 3.05) is 19.6 Å². The molecule has 0 radical (unpaired) electrons. The van der Waals surface area contributed by atoms with E-state index in [-0.39, 0.29) is 11.9 Å². The molecular weight excluding hydrogens is 314 g/mol. The smallest absolute Gasteiger partial charge is 0.251 e. The van der Waals surface area contributed by atoms with Crippen LogP contribution in [0.3, 0.4) is 0 Å². The molecule has 1 atom stereocenters. The Bertz CT molecular complexity index is 722. The normalized spacial score (nSPS) is 15.7. The molecule has 0 saturated carbocycles. The number of rotatable bonds is 6. The highest BCUT2D eigenvalue weighted by Gasteiger charge is 2.21. The molecule has 1 saturated heterocycles. The summed E-state index contributed by atoms with van der Waals surface area (Å²) in [7, 11) is 0. The Morgan fingerprint density at radius 1 is 0.960 bits per heavy atom. The van der Waals surface area contributed by atoms with Gasteiger partial charge in [-0.25, -0.2) is 0 Å². The average molecular weight is 337 g/mol. The van der Waals surface area contributed by atoms with Gasteiger partial charge in [0.1, 0.15) is 0 Å². The minimum atomic E-state index is -0.497. The largest absolute Gasteiger partial charge is 0.366 e. The van der Waals surface area contributed by atoms with Crippen molar-refractivity contribution >= 4 is 11.8 Å². The number of benzene rings is 2. The molecule has 0 bridgehead atoms. The predicted octanol–water partition coefficient (Wildman–Crippen LogP) is 2.35. The summed E-state index contributed by atoms with van der Waals surface area (Å²) >= 11 is 0. The second-order valence-electron chi connectivity index (χ2n) is 6.39. The lowest BCUT2D eigenvalue weighted by Gasteiger charge is -2.25. The number of nitrogens with one attached hydrogen (secondary N) is 1. The van der Waals surface area contributed by atoms with Gasteiger partial charge in [-0.15, -0.1) is 0 Å². The van der Waals surface area contributed by atoms with Gasteiger partial charge in [0.2, 0.25) is 5.91 Å². The molecule has 2 amide bonds. The van der Waals surface area contributed by atoms with Gasteiger partial charge in [0, 0.05) is 17.7 Å². The van der Waals surface area contributed by atoms with Crippen molar-refractivity contribution in [2.45, 2.75) is 18.9 Å². The molecule has 3 N–H and O–H groups in total. The summed E-state index contributed by atoms with van der Waals surface area (Å²) < 4.78 is 0. The number of carbonyl (C=O) groups is 2. The number of nitrogens with two attached hydrogens (primary N) is 1. The number of primary amides is 1. The van der Waals surface area contributed by atoms with Crippen LogP contribution in [0.4, 0.5) is 0 Å². The maximum Gasteiger partial charge on any atom is 0.251 e. The molecule has 0 spiro atoms. The number of hydrogen-bond donors (Lipinski definition) is 2. The van der Waals surface area contributed by atoms with E-state index in [0.717, 1.165) is 25.2 Å². The van der Waals surface area contributed by atoms with Crippen LogP contribution < -0.4 is 11.1 Å². The maximum atomic E-state index is 12.6. The molecule has 0 aromatic heterocycles. The lowest BCUT2D eigenvalue weighted by atomic mass is 10.1. The Morgan fingerprint density at radius 2 is 1.56 bits per heavy atom. The Kier molecular flexibility index (Phi) is 5.46. The van der Waals surface area contributed by atoms with Crippen molar-refractivity contribution in [1.29, 1.82) is 0 Å². The molecule has 3 rings (SSSR count). The van der Waals surface area contributed by atoms with Crippen LogP contribution >= 0.6 is 0 Å². The lowest BCUT2D eigenvalue weighted by molar-refractivity contribution is 0.0925. The molecule has 1 aliphatic heterocycles. The fraction of sp³-hybridized carbons (Fsp3) is 0.300. The molecule has 1 heterocycles. The molecule has 1 unspecified atom stereocenters. The van der Waals surface area contributed by atoms with E-state index < -0.39 is 5.91 Å². The summed E-state index contributed by atoms with van der Waals surface area (Å²) in [6, 6.07) is 16.4. The summed E-state index contributed by atoms with van der Waals surface area (Å²) in [5, 5.41) is 3.13. The number of carbonyl (C=O) groups excluding carboxylic acids is 2. The van der Waals surface area contributed by atoms with Crippen LogP contribution in [0, 0.1) is 0 Å². The van der Waals surface area contributed by atoms with Crippen LogP contribution in [0.5, 0.6) is 0 Å². The van der Waals surface area contributed by atoms with Crippen LogP contribution in [0.15, 0.2) is 54.6 Å². The number of nitrogens with zero attached hydrogens (tertiary/aromatic N) is 1. The van der Waals surface area contributed by atoms with Crippen LogP contribution in [-0.2, 0) is 0 Å². The van der Waals surface area contributed by atoms with Crippen LogP contribution in [0.25, 0.3) is 0 Å². The molecule has 1 fully saturated rings. The summed E-state index contributed by atoms with van der Waals surface area (Å²) in [4.78, 5) is 26.2. The first kappa shape index (κ1) is 17.2. The highest BCUT2D eigenvalue weighted by atomic mass is 16.2. The molecule has 0 aliphatic carbocycles. The highest BCUT2D eigenvalue weighted by Crippen LogP contribution is 2.18. The first-order chi connectivity index (χ1) is 12.1. The van der Waals surface area contributed by atoms with Gasteiger partial charge in [-0.3, -0.25) is 9.59 Å². The van der Waals surface area contributed by atoms with Crippen molar-refractivity contribution in [1.82, 2.24) is 10.2 Å². The van der Waals surface area contributed by atoms with Crippen molar-refractivity contribution in [3.8, 4) is 0 Å². The fourth-order valence-corrected chi connectivity index (χ4v) is 3.17. The molecule has 1 aliphatic rings. The van der Waals surface area contributed by atoms with Crippen LogP contribution in [0.1, 0.15) is 45.2 Å². The van der Waals surface area contributed by atoms with Gasteiger partial charge in [0.25, 0.3) is 5.91 Å². The number of hydrogen-bond acceptors (Lipinski definition) is 3. The SMILES string of the molecule is NC(=O)c1ccc(C(=O)NC(CN2CCCC2)c2ccccc2)cc1. The van der Waals surface area contributed by atoms with Gasteiger partial charge < -0.3 is 16.0 Å². The van der Waals surface area contributed by atoms with Crippen molar-refractivity contribution in [2.24, 2.45) is 5.73 Å². The third-order valence-electron chi connectivity index (χ3n) is 4.58. The summed E-state index contributed by atoms with van der Waals surface area (Å²) in [5.41, 5.74) is 7.25. The van der Waals surface area contributed by atoms with Gasteiger partial charge in [-0.2, -0.15) is 0 Å². The van der Waals surface area contributed by atoms with Gasteiger partial charge >= 0.3 is 0 Å². The molecule has 2 aromatic carbocycles. The van der Waals surface area contributed by atoms with E-state index in [2.05, 4.69) is 10.2 Å². The molecular formula is C20H23N3O2. The van der Waals surface area contributed by atoms with Crippen LogP contribution in [-0.4, -0.2) is 36.3 Å². The molecule has 5 nitrogen and oxygen atoms in total. The van der Waals surface area contributed by atoms with Crippen molar-refractivity contribution in [3.05, 3.63) is 71.3 Å². The Balaban J connectivity index is 1.74. The second kappa shape index (κ2) is 7.94. The summed E-state index contributed by atoms with van der Waals surface area (Å²) in [6.45, 7) is 2.95. The second-order valence-corrected chi connectivity index (χ2v) is 6.39. The lowest BCUT2D eigenvalue weighted by Crippen LogP contribution is -2.37. The zero-order valence-electron chi connectivity index (χ0n) is 14.2. The van der Waals surface area contributed by atoms with E-state index in [1.807, 2.05) is 30.3 Å². The predicted molar refractivity (Wildman–Crippen MR) is 97.3 cm³/mol. The molecule has 5 heteroatoms. The van der Waals surface area contributed by atoms with Gasteiger partial charge in [0.15, 0.2) is 0 Å². The van der Waals surface area contributed by atoms with E-state index in [1.54, 1.807) is 24.3 Å². The molecule has 25 heavy (non-hydrogen) atoms. The minimum absolute atomic E-state index is 0.0670. The average Bonchev–Trinajstić information content (AvgIpc) is 3.15. The Morgan fingerprint density at radius 3 is 2.16 bits per heavy atom. The van der Waals surface area contributed by atoms with Crippen molar-refractivity contribution < 1.29 is 9.59 Å². The zero-order chi connectivity index (χ0) is 17.6. The first-order valence-corrected chi connectivity index (χ1v) is 8.61. The van der Waals surface area contributed by atoms with E-state index in [9.17, 15) is 9.59 Å². The van der Waals surface area contributed by atoms with Gasteiger partial charge in [-0.05, 0) is 55.8 Å². The van der Waals surface area contributed by atoms with Crippen LogP contribution in [0.2, 0.25) is 0 Å². The summed E-state index contributed by atoms with van der Waals surface area (Å²) in [5.74, 6) is -0.646. The zero-order valence-corrected chi connectivity index (χ0v) is 14.2. The van der Waals surface area contributed by atoms with E-state index in [1.165, 1.54) is 12.8 Å². The van der Waals surface area contributed by atoms with Gasteiger partial charge in [-0.1, -0.05) is 30.3 Å². The topological polar surface area (TPSA) is 75.4 Å². The monoisotopic (exact) mass is 337 g/mol. The fourth-order valence-electron chi connectivity index (χ4n) is 3.17. The standard InChI is InChI=1S/C20H23N3O2/c21-19(24)16-8-10-17(11-9-16)20(25)22-18(14-23-12-4-5-13-23)15-6-2-1-3-7-15/h1-3,6-11,18H,4-5,12-14H2,(H2,21,24)(H,22,25). The number of amides is 2. The van der Waals surface area contributed by atoms with Crippen molar-refractivity contribution in [3.63, 3.8) is 0 Å². The highest BCUT2D eigenvalue weighted by molar-refractivity contribution is 5.97. The van der Waals surface area contributed by atoms with E-state index in [4.69, 9.17) is 5.73 Å².